The largest absolute Gasteiger partial charge is 0.479 e. The van der Waals surface area contributed by atoms with Crippen molar-refractivity contribution in [2.45, 2.75) is 30.8 Å². The highest BCUT2D eigenvalue weighted by atomic mass is 16.5. The van der Waals surface area contributed by atoms with Gasteiger partial charge in [-0.25, -0.2) is 4.79 Å². The second kappa shape index (κ2) is 2.42. The number of ether oxygens (including phenoxy) is 1. The van der Waals surface area contributed by atoms with Crippen molar-refractivity contribution >= 4 is 5.97 Å². The molecule has 12 heavy (non-hydrogen) atoms. The molecule has 1 aliphatic heterocycles. The topological polar surface area (TPSA) is 87.0 Å². The molecule has 0 spiro atoms. The van der Waals surface area contributed by atoms with Crippen LogP contribution in [0.15, 0.2) is 0 Å². The van der Waals surface area contributed by atoms with Gasteiger partial charge < -0.3 is 20.1 Å². The molecule has 1 saturated heterocycles. The maximum atomic E-state index is 10.5. The van der Waals surface area contributed by atoms with E-state index >= 15 is 0 Å². The first-order valence-electron chi connectivity index (χ1n) is 3.85. The molecule has 5 heteroatoms. The van der Waals surface area contributed by atoms with Gasteiger partial charge in [0.2, 0.25) is 0 Å². The summed E-state index contributed by atoms with van der Waals surface area (Å²) >= 11 is 0. The van der Waals surface area contributed by atoms with Crippen LogP contribution in [0.25, 0.3) is 0 Å². The van der Waals surface area contributed by atoms with Crippen molar-refractivity contribution in [3.8, 4) is 0 Å². The third-order valence-corrected chi connectivity index (χ3v) is 2.63. The predicted octanol–water partition coefficient (Wildman–Crippen LogP) is -1.42. The average Bonchev–Trinajstić information content (AvgIpc) is 2.53. The van der Waals surface area contributed by atoms with Crippen molar-refractivity contribution in [2.24, 2.45) is 5.92 Å². The Labute approximate surface area is 68.6 Å². The molecule has 0 aromatic rings. The number of fused-ring (bicyclic) bond motifs is 2. The van der Waals surface area contributed by atoms with Crippen LogP contribution in [0.5, 0.6) is 0 Å². The highest BCUT2D eigenvalue weighted by Gasteiger charge is 2.55. The zero-order valence-electron chi connectivity index (χ0n) is 6.25. The van der Waals surface area contributed by atoms with Crippen LogP contribution in [0, 0.1) is 5.92 Å². The molecule has 1 aliphatic carbocycles. The number of aliphatic hydroxyl groups is 2. The molecule has 2 bridgehead atoms. The van der Waals surface area contributed by atoms with Gasteiger partial charge in [0.15, 0.2) is 6.10 Å². The summed E-state index contributed by atoms with van der Waals surface area (Å²) in [5.74, 6) is -1.50. The van der Waals surface area contributed by atoms with E-state index in [2.05, 4.69) is 0 Å². The smallest absolute Gasteiger partial charge is 0.333 e. The van der Waals surface area contributed by atoms with Crippen LogP contribution < -0.4 is 0 Å². The van der Waals surface area contributed by atoms with Gasteiger partial charge in [-0.05, 0) is 6.42 Å². The zero-order chi connectivity index (χ0) is 8.88. The normalized spacial score (nSPS) is 51.3. The van der Waals surface area contributed by atoms with Gasteiger partial charge >= 0.3 is 5.97 Å². The fourth-order valence-electron chi connectivity index (χ4n) is 1.99. The lowest BCUT2D eigenvalue weighted by atomic mass is 9.99. The number of aliphatic hydroxyl groups excluding tert-OH is 2. The molecular formula is C7H10O5. The van der Waals surface area contributed by atoms with E-state index in [1.54, 1.807) is 0 Å². The van der Waals surface area contributed by atoms with E-state index in [1.165, 1.54) is 0 Å². The minimum Gasteiger partial charge on any atom is -0.479 e. The van der Waals surface area contributed by atoms with Gasteiger partial charge in [0, 0.05) is 5.92 Å². The molecule has 2 fully saturated rings. The van der Waals surface area contributed by atoms with Crippen molar-refractivity contribution in [3.05, 3.63) is 0 Å². The van der Waals surface area contributed by atoms with Gasteiger partial charge in [-0.3, -0.25) is 0 Å². The summed E-state index contributed by atoms with van der Waals surface area (Å²) in [5.41, 5.74) is 0. The third kappa shape index (κ3) is 0.872. The van der Waals surface area contributed by atoms with Crippen molar-refractivity contribution in [1.82, 2.24) is 0 Å². The van der Waals surface area contributed by atoms with Gasteiger partial charge in [0.1, 0.15) is 6.10 Å². The fourth-order valence-corrected chi connectivity index (χ4v) is 1.99. The van der Waals surface area contributed by atoms with Gasteiger partial charge in [-0.15, -0.1) is 0 Å². The lowest BCUT2D eigenvalue weighted by Gasteiger charge is -2.27. The van der Waals surface area contributed by atoms with E-state index in [9.17, 15) is 15.0 Å². The van der Waals surface area contributed by atoms with E-state index in [1.807, 2.05) is 0 Å². The molecule has 0 radical (unpaired) electrons. The molecular weight excluding hydrogens is 164 g/mol. The number of carbonyl (C=O) groups is 1. The van der Waals surface area contributed by atoms with E-state index < -0.39 is 36.3 Å². The van der Waals surface area contributed by atoms with Gasteiger partial charge in [-0.1, -0.05) is 0 Å². The Morgan fingerprint density at radius 2 is 2.00 bits per heavy atom. The van der Waals surface area contributed by atoms with Crippen LogP contribution in [-0.2, 0) is 9.53 Å². The van der Waals surface area contributed by atoms with Crippen LogP contribution in [0.2, 0.25) is 0 Å². The third-order valence-electron chi connectivity index (χ3n) is 2.63. The lowest BCUT2D eigenvalue weighted by molar-refractivity contribution is -0.171. The number of carboxylic acids is 1. The van der Waals surface area contributed by atoms with Crippen molar-refractivity contribution in [1.29, 1.82) is 0 Å². The van der Waals surface area contributed by atoms with Gasteiger partial charge in [0.05, 0.1) is 12.2 Å². The van der Waals surface area contributed by atoms with Crippen LogP contribution in [0.3, 0.4) is 0 Å². The summed E-state index contributed by atoms with van der Waals surface area (Å²) in [6, 6.07) is 0. The summed E-state index contributed by atoms with van der Waals surface area (Å²) in [5, 5.41) is 27.2. The van der Waals surface area contributed by atoms with E-state index in [-0.39, 0.29) is 0 Å². The molecule has 2 aliphatic rings. The monoisotopic (exact) mass is 174 g/mol. The molecule has 5 unspecified atom stereocenters. The summed E-state index contributed by atoms with van der Waals surface area (Å²) < 4.78 is 4.99. The molecule has 3 N–H and O–H groups in total. The molecule has 1 saturated carbocycles. The molecule has 2 rings (SSSR count). The summed E-state index contributed by atoms with van der Waals surface area (Å²) in [6.07, 6.45) is -2.84. The second-order valence-electron chi connectivity index (χ2n) is 3.31. The van der Waals surface area contributed by atoms with Crippen molar-refractivity contribution in [2.75, 3.05) is 0 Å². The standard InChI is InChI=1S/C7H10O5/c8-4-2-1-3(5(4)9)12-6(2)7(10)11/h2-6,8-9H,1H2,(H,10,11). The van der Waals surface area contributed by atoms with E-state index in [0.29, 0.717) is 6.42 Å². The highest BCUT2D eigenvalue weighted by molar-refractivity contribution is 5.73. The van der Waals surface area contributed by atoms with Crippen LogP contribution in [0.1, 0.15) is 6.42 Å². The molecule has 5 nitrogen and oxygen atoms in total. The Morgan fingerprint density at radius 1 is 1.33 bits per heavy atom. The maximum Gasteiger partial charge on any atom is 0.333 e. The Kier molecular flexibility index (Phi) is 1.61. The molecule has 0 aromatic carbocycles. The fraction of sp³-hybridized carbons (Fsp3) is 0.857. The summed E-state index contributed by atoms with van der Waals surface area (Å²) in [4.78, 5) is 10.5. The summed E-state index contributed by atoms with van der Waals surface area (Å²) in [6.45, 7) is 0. The molecule has 5 atom stereocenters. The van der Waals surface area contributed by atoms with Crippen LogP contribution in [0.4, 0.5) is 0 Å². The maximum absolute atomic E-state index is 10.5. The Morgan fingerprint density at radius 3 is 2.42 bits per heavy atom. The number of carboxylic acid groups (broad SMARTS) is 1. The Bertz CT molecular complexity index is 214. The number of hydrogen-bond acceptors (Lipinski definition) is 4. The van der Waals surface area contributed by atoms with E-state index in [0.717, 1.165) is 0 Å². The lowest BCUT2D eigenvalue weighted by Crippen LogP contribution is -2.45. The first kappa shape index (κ1) is 7.97. The molecule has 0 aromatic heterocycles. The minimum absolute atomic E-state index is 0.442. The molecule has 0 amide bonds. The molecule has 1 heterocycles. The highest BCUT2D eigenvalue weighted by Crippen LogP contribution is 2.40. The van der Waals surface area contributed by atoms with Crippen molar-refractivity contribution in [3.63, 3.8) is 0 Å². The Hall–Kier alpha value is -0.650. The van der Waals surface area contributed by atoms with Crippen molar-refractivity contribution < 1.29 is 24.9 Å². The quantitative estimate of drug-likeness (QED) is 0.454. The number of hydrogen-bond donors (Lipinski definition) is 3. The summed E-state index contributed by atoms with van der Waals surface area (Å²) in [7, 11) is 0. The van der Waals surface area contributed by atoms with Gasteiger partial charge in [0.25, 0.3) is 0 Å². The zero-order valence-corrected chi connectivity index (χ0v) is 6.25. The first-order chi connectivity index (χ1) is 5.61. The first-order valence-corrected chi connectivity index (χ1v) is 3.85. The molecule has 68 valence electrons. The predicted molar refractivity (Wildman–Crippen MR) is 36.4 cm³/mol. The second-order valence-corrected chi connectivity index (χ2v) is 3.31. The van der Waals surface area contributed by atoms with Crippen LogP contribution in [-0.4, -0.2) is 45.7 Å². The Balaban J connectivity index is 2.15. The number of rotatable bonds is 1. The average molecular weight is 174 g/mol. The van der Waals surface area contributed by atoms with Crippen LogP contribution >= 0.6 is 0 Å². The van der Waals surface area contributed by atoms with E-state index in [4.69, 9.17) is 9.84 Å². The van der Waals surface area contributed by atoms with Gasteiger partial charge in [-0.2, -0.15) is 0 Å². The number of aliphatic carboxylic acids is 1. The SMILES string of the molecule is O=C(O)C1OC2CC1C(O)C2O. The minimum atomic E-state index is -1.06.